The van der Waals surface area contributed by atoms with Crippen LogP contribution in [0.15, 0.2) is 14.8 Å². The number of rotatable bonds is 2. The Hall–Kier alpha value is -0.690. The predicted molar refractivity (Wildman–Crippen MR) is 89.6 cm³/mol. The first kappa shape index (κ1) is 14.3. The van der Waals surface area contributed by atoms with Crippen molar-refractivity contribution in [3.8, 4) is 0 Å². The average Bonchev–Trinajstić information content (AvgIpc) is 3.04. The van der Waals surface area contributed by atoms with Gasteiger partial charge in [0.05, 0.1) is 27.1 Å². The Kier molecular flexibility index (Phi) is 4.26. The highest BCUT2D eigenvalue weighted by Gasteiger charge is 2.21. The largest absolute Gasteiger partial charge is 0.360 e. The number of hydrogen-bond acceptors (Lipinski definition) is 3. The summed E-state index contributed by atoms with van der Waals surface area (Å²) in [6.07, 6.45) is 4.82. The van der Waals surface area contributed by atoms with E-state index in [2.05, 4.69) is 19.4 Å². The van der Waals surface area contributed by atoms with Crippen LogP contribution in [-0.4, -0.2) is 11.2 Å². The summed E-state index contributed by atoms with van der Waals surface area (Å²) in [7, 11) is 0. The van der Waals surface area contributed by atoms with E-state index in [0.29, 0.717) is 38.3 Å². The topological polar surface area (TPSA) is 48.8 Å². The summed E-state index contributed by atoms with van der Waals surface area (Å²) in [5.74, 6) is 0. The van der Waals surface area contributed by atoms with Gasteiger partial charge in [0.15, 0.2) is 5.11 Å². The summed E-state index contributed by atoms with van der Waals surface area (Å²) in [6, 6.07) is 2.11. The van der Waals surface area contributed by atoms with Gasteiger partial charge in [-0.15, -0.1) is 0 Å². The zero-order valence-electron chi connectivity index (χ0n) is 10.4. The summed E-state index contributed by atoms with van der Waals surface area (Å²) in [6.45, 7) is 0. The van der Waals surface area contributed by atoms with Gasteiger partial charge < -0.3 is 10.6 Å². The SMILES string of the molecule is S=C(Nc1c(Cl)cc(Cl)c2c1N=S=N2)NC1CCCC1. The highest BCUT2D eigenvalue weighted by Crippen LogP contribution is 2.47. The zero-order valence-corrected chi connectivity index (χ0v) is 13.6. The molecule has 106 valence electrons. The van der Waals surface area contributed by atoms with Crippen molar-refractivity contribution in [1.82, 2.24) is 5.32 Å². The van der Waals surface area contributed by atoms with Gasteiger partial charge in [-0.25, -0.2) is 0 Å². The Morgan fingerprint density at radius 1 is 1.20 bits per heavy atom. The van der Waals surface area contributed by atoms with Crippen molar-refractivity contribution in [1.29, 1.82) is 0 Å². The number of nitrogens with zero attached hydrogens (tertiary/aromatic N) is 2. The number of thiocarbonyl (C=S) groups is 1. The van der Waals surface area contributed by atoms with E-state index >= 15 is 0 Å². The van der Waals surface area contributed by atoms with Crippen LogP contribution in [0.4, 0.5) is 17.1 Å². The molecule has 1 aromatic rings. The Morgan fingerprint density at radius 2 is 1.90 bits per heavy atom. The first-order chi connectivity index (χ1) is 9.65. The van der Waals surface area contributed by atoms with Crippen molar-refractivity contribution in [3.63, 3.8) is 0 Å². The first-order valence-corrected chi connectivity index (χ1v) is 8.22. The second kappa shape index (κ2) is 5.97. The van der Waals surface area contributed by atoms with Crippen molar-refractivity contribution in [2.75, 3.05) is 5.32 Å². The van der Waals surface area contributed by atoms with E-state index in [1.807, 2.05) is 0 Å². The molecule has 0 aromatic heterocycles. The molecule has 0 amide bonds. The fourth-order valence-electron chi connectivity index (χ4n) is 2.40. The molecule has 3 rings (SSSR count). The molecule has 2 aliphatic rings. The lowest BCUT2D eigenvalue weighted by atomic mass is 10.2. The van der Waals surface area contributed by atoms with Crippen molar-refractivity contribution in [3.05, 3.63) is 16.1 Å². The Balaban J connectivity index is 1.79. The highest BCUT2D eigenvalue weighted by atomic mass is 35.5. The summed E-state index contributed by atoms with van der Waals surface area (Å²) in [5, 5.41) is 7.99. The highest BCUT2D eigenvalue weighted by molar-refractivity contribution is 7.80. The van der Waals surface area contributed by atoms with Crippen LogP contribution < -0.4 is 10.6 Å². The van der Waals surface area contributed by atoms with Crippen LogP contribution in [-0.2, 0) is 11.4 Å². The summed E-state index contributed by atoms with van der Waals surface area (Å²) >= 11 is 18.8. The van der Waals surface area contributed by atoms with E-state index in [9.17, 15) is 0 Å². The minimum atomic E-state index is 0.449. The van der Waals surface area contributed by atoms with Gasteiger partial charge in [0.1, 0.15) is 11.4 Å². The third-order valence-corrected chi connectivity index (χ3v) is 4.71. The molecule has 1 aliphatic carbocycles. The smallest absolute Gasteiger partial charge is 0.171 e. The quantitative estimate of drug-likeness (QED) is 0.756. The minimum Gasteiger partial charge on any atom is -0.360 e. The molecule has 0 unspecified atom stereocenters. The molecule has 1 saturated carbocycles. The Morgan fingerprint density at radius 3 is 2.65 bits per heavy atom. The van der Waals surface area contributed by atoms with E-state index in [4.69, 9.17) is 35.4 Å². The maximum atomic E-state index is 6.23. The number of hydrogen-bond donors (Lipinski definition) is 2. The lowest BCUT2D eigenvalue weighted by Crippen LogP contribution is -2.36. The molecular formula is C12H12Cl2N4S2. The van der Waals surface area contributed by atoms with Gasteiger partial charge in [0.2, 0.25) is 0 Å². The number of fused-ring (bicyclic) bond motifs is 1. The standard InChI is InChI=1S/C12H12Cl2N4S2/c13-7-5-8(14)10-11(18-20-17-10)9(7)16-12(19)15-6-3-1-2-4-6/h5-6H,1-4H2,(H2,15,16,19). The summed E-state index contributed by atoms with van der Waals surface area (Å²) in [5.41, 5.74) is 1.96. The van der Waals surface area contributed by atoms with Crippen LogP contribution in [0.5, 0.6) is 0 Å². The molecule has 0 radical (unpaired) electrons. The van der Waals surface area contributed by atoms with E-state index in [-0.39, 0.29) is 0 Å². The average molecular weight is 347 g/mol. The molecule has 0 spiro atoms. The number of anilines is 1. The van der Waals surface area contributed by atoms with Crippen molar-refractivity contribution in [2.45, 2.75) is 31.7 Å². The predicted octanol–water partition coefficient (Wildman–Crippen LogP) is 4.95. The Labute approximate surface area is 136 Å². The van der Waals surface area contributed by atoms with Gasteiger partial charge >= 0.3 is 0 Å². The Bertz CT molecular complexity index is 635. The minimum absolute atomic E-state index is 0.449. The molecule has 1 aliphatic heterocycles. The lowest BCUT2D eigenvalue weighted by molar-refractivity contribution is 0.634. The van der Waals surface area contributed by atoms with Crippen molar-refractivity contribution in [2.24, 2.45) is 8.73 Å². The van der Waals surface area contributed by atoms with E-state index in [1.165, 1.54) is 12.8 Å². The van der Waals surface area contributed by atoms with Gasteiger partial charge in [-0.2, -0.15) is 8.73 Å². The molecule has 20 heavy (non-hydrogen) atoms. The molecule has 0 atom stereocenters. The van der Waals surface area contributed by atoms with Gasteiger partial charge in [-0.05, 0) is 31.1 Å². The molecule has 4 nitrogen and oxygen atoms in total. The van der Waals surface area contributed by atoms with Gasteiger partial charge in [0.25, 0.3) is 0 Å². The second-order valence-corrected chi connectivity index (χ2v) is 6.51. The third-order valence-electron chi connectivity index (χ3n) is 3.37. The second-order valence-electron chi connectivity index (χ2n) is 4.76. The summed E-state index contributed by atoms with van der Waals surface area (Å²) < 4.78 is 8.40. The molecule has 1 aromatic carbocycles. The van der Waals surface area contributed by atoms with Crippen molar-refractivity contribution >= 4 is 68.9 Å². The lowest BCUT2D eigenvalue weighted by Gasteiger charge is -2.17. The molecule has 8 heteroatoms. The van der Waals surface area contributed by atoms with Crippen LogP contribution in [0, 0.1) is 0 Å². The maximum Gasteiger partial charge on any atom is 0.171 e. The van der Waals surface area contributed by atoms with Gasteiger partial charge in [-0.1, -0.05) is 36.0 Å². The number of benzene rings is 1. The molecule has 0 bridgehead atoms. The normalized spacial score (nSPS) is 16.9. The number of nitrogens with one attached hydrogen (secondary N) is 2. The molecule has 1 heterocycles. The molecule has 0 saturated heterocycles. The van der Waals surface area contributed by atoms with Crippen LogP contribution >= 0.6 is 35.4 Å². The van der Waals surface area contributed by atoms with Crippen LogP contribution in [0.2, 0.25) is 10.0 Å². The molecular weight excluding hydrogens is 335 g/mol. The van der Waals surface area contributed by atoms with Crippen LogP contribution in [0.1, 0.15) is 25.7 Å². The monoisotopic (exact) mass is 346 g/mol. The van der Waals surface area contributed by atoms with E-state index in [1.54, 1.807) is 6.07 Å². The van der Waals surface area contributed by atoms with Crippen molar-refractivity contribution < 1.29 is 0 Å². The van der Waals surface area contributed by atoms with Gasteiger partial charge in [0, 0.05) is 6.04 Å². The molecule has 1 fully saturated rings. The van der Waals surface area contributed by atoms with E-state index < -0.39 is 0 Å². The first-order valence-electron chi connectivity index (χ1n) is 6.33. The van der Waals surface area contributed by atoms with E-state index in [0.717, 1.165) is 24.2 Å². The summed E-state index contributed by atoms with van der Waals surface area (Å²) in [4.78, 5) is 0. The zero-order chi connectivity index (χ0) is 14.1. The fraction of sp³-hybridized carbons (Fsp3) is 0.417. The fourth-order valence-corrected chi connectivity index (χ4v) is 3.83. The van der Waals surface area contributed by atoms with Gasteiger partial charge in [-0.3, -0.25) is 0 Å². The maximum absolute atomic E-state index is 6.23. The van der Waals surface area contributed by atoms with Crippen LogP contribution in [0.3, 0.4) is 0 Å². The molecule has 2 N–H and O–H groups in total. The third kappa shape index (κ3) is 2.83. The number of halogens is 2. The van der Waals surface area contributed by atoms with Crippen LogP contribution in [0.25, 0.3) is 0 Å².